The smallest absolute Gasteiger partial charge is 0.319 e. The number of alkyl halides is 1. The summed E-state index contributed by atoms with van der Waals surface area (Å²) in [7, 11) is 1.87. The summed E-state index contributed by atoms with van der Waals surface area (Å²) in [6.07, 6.45) is 5.81. The minimum atomic E-state index is -0.914. The molecule has 2 aromatic carbocycles. The SMILES string of the molecule is CC(C)c1noc(/C=C/C(=O)N2CC(CN(C)c3nc(OC[C@@]45CCCN4C[C@H](F)C5)nc4c(F)c(-c5cccc6cccc(Cl)c56)ncc34)C2)n1. The lowest BCUT2D eigenvalue weighted by Crippen LogP contribution is -2.53. The van der Waals surface area contributed by atoms with Crippen LogP contribution in [0.25, 0.3) is 39.0 Å². The van der Waals surface area contributed by atoms with Gasteiger partial charge in [0, 0.05) is 85.8 Å². The molecule has 14 heteroatoms. The van der Waals surface area contributed by atoms with E-state index in [1.165, 1.54) is 12.2 Å². The standard InChI is InChI=1S/C38H39ClF2N8O3/c1-22(2)35-43-29(52-46-35)11-12-30(50)48-18-23(19-48)17-47(3)36-27-16-42-33(26-9-4-7-24-8-5-10-28(39)31(24)26)32(41)34(27)44-37(45-36)51-21-38-13-6-14-49(38)20-25(40)15-38/h4-5,7-12,16,22-23,25H,6,13-15,17-21H2,1-3H3/b12-11+/t25-,38+/m1/s1. The largest absolute Gasteiger partial charge is 0.461 e. The molecule has 0 N–H and O–H groups in total. The van der Waals surface area contributed by atoms with Crippen molar-refractivity contribution in [3.63, 3.8) is 0 Å². The van der Waals surface area contributed by atoms with Gasteiger partial charge in [-0.15, -0.1) is 0 Å². The number of pyridine rings is 1. The topological polar surface area (TPSA) is 114 Å². The zero-order valence-corrected chi connectivity index (χ0v) is 30.0. The van der Waals surface area contributed by atoms with E-state index in [2.05, 4.69) is 25.0 Å². The van der Waals surface area contributed by atoms with Crippen LogP contribution in [0.5, 0.6) is 6.01 Å². The third-order valence-electron chi connectivity index (χ3n) is 10.5. The minimum Gasteiger partial charge on any atom is -0.461 e. The van der Waals surface area contributed by atoms with Crippen LogP contribution in [0, 0.1) is 11.7 Å². The van der Waals surface area contributed by atoms with Crippen LogP contribution in [0.1, 0.15) is 50.7 Å². The third kappa shape index (κ3) is 6.34. The van der Waals surface area contributed by atoms with Crippen LogP contribution >= 0.6 is 11.6 Å². The van der Waals surface area contributed by atoms with E-state index in [0.29, 0.717) is 65.6 Å². The molecule has 270 valence electrons. The number of hydrogen-bond acceptors (Lipinski definition) is 10. The predicted octanol–water partition coefficient (Wildman–Crippen LogP) is 6.71. The van der Waals surface area contributed by atoms with Crippen LogP contribution in [0.3, 0.4) is 0 Å². The number of hydrogen-bond donors (Lipinski definition) is 0. The van der Waals surface area contributed by atoms with Crippen LogP contribution in [0.4, 0.5) is 14.6 Å². The summed E-state index contributed by atoms with van der Waals surface area (Å²) >= 11 is 6.62. The summed E-state index contributed by atoms with van der Waals surface area (Å²) in [6.45, 7) is 6.93. The van der Waals surface area contributed by atoms with E-state index < -0.39 is 17.5 Å². The quantitative estimate of drug-likeness (QED) is 0.144. The van der Waals surface area contributed by atoms with Crippen molar-refractivity contribution in [3.05, 3.63) is 71.2 Å². The summed E-state index contributed by atoms with van der Waals surface area (Å²) in [6, 6.07) is 11.1. The molecule has 52 heavy (non-hydrogen) atoms. The van der Waals surface area contributed by atoms with Gasteiger partial charge >= 0.3 is 6.01 Å². The van der Waals surface area contributed by atoms with Crippen molar-refractivity contribution in [3.8, 4) is 17.3 Å². The van der Waals surface area contributed by atoms with Gasteiger partial charge < -0.3 is 19.1 Å². The highest BCUT2D eigenvalue weighted by atomic mass is 35.5. The average Bonchev–Trinajstić information content (AvgIpc) is 3.82. The number of likely N-dealkylation sites (tertiary alicyclic amines) is 1. The number of fused-ring (bicyclic) bond motifs is 3. The number of carbonyl (C=O) groups is 1. The van der Waals surface area contributed by atoms with E-state index in [-0.39, 0.29) is 47.5 Å². The van der Waals surface area contributed by atoms with Crippen molar-refractivity contribution >= 4 is 51.1 Å². The zero-order chi connectivity index (χ0) is 36.1. The first-order valence-electron chi connectivity index (χ1n) is 17.7. The highest BCUT2D eigenvalue weighted by molar-refractivity contribution is 6.36. The van der Waals surface area contributed by atoms with Gasteiger partial charge in [0.25, 0.3) is 5.89 Å². The van der Waals surface area contributed by atoms with Crippen molar-refractivity contribution in [2.24, 2.45) is 5.92 Å². The molecule has 0 radical (unpaired) electrons. The van der Waals surface area contributed by atoms with E-state index in [1.807, 2.05) is 50.1 Å². The number of amides is 1. The van der Waals surface area contributed by atoms with Crippen molar-refractivity contribution < 1.29 is 22.8 Å². The second-order valence-electron chi connectivity index (χ2n) is 14.5. The Bertz CT molecular complexity index is 2190. The number of aromatic nitrogens is 5. The van der Waals surface area contributed by atoms with Gasteiger partial charge in [-0.05, 0) is 30.8 Å². The molecule has 0 bridgehead atoms. The lowest BCUT2D eigenvalue weighted by Gasteiger charge is -2.40. The van der Waals surface area contributed by atoms with Crippen LogP contribution in [-0.4, -0.2) is 98.9 Å². The second-order valence-corrected chi connectivity index (χ2v) is 14.9. The highest BCUT2D eigenvalue weighted by Crippen LogP contribution is 2.41. The molecule has 3 saturated heterocycles. The van der Waals surface area contributed by atoms with E-state index in [0.717, 1.165) is 24.8 Å². The van der Waals surface area contributed by atoms with Crippen molar-refractivity contribution in [2.45, 2.75) is 50.7 Å². The van der Waals surface area contributed by atoms with Gasteiger partial charge in [-0.1, -0.05) is 60.9 Å². The van der Waals surface area contributed by atoms with Crippen LogP contribution in [0.15, 0.2) is 53.2 Å². The molecule has 0 unspecified atom stereocenters. The molecule has 0 spiro atoms. The fraction of sp³-hybridized carbons (Fsp3) is 0.421. The molecule has 3 aliphatic rings. The molecule has 0 aliphatic carbocycles. The molecule has 2 atom stereocenters. The Morgan fingerprint density at radius 2 is 1.98 bits per heavy atom. The summed E-state index contributed by atoms with van der Waals surface area (Å²) in [5, 5.41) is 6.39. The van der Waals surface area contributed by atoms with Gasteiger partial charge in [0.05, 0.1) is 10.9 Å². The molecular weight excluding hydrogens is 690 g/mol. The number of halogens is 3. The lowest BCUT2D eigenvalue weighted by atomic mass is 9.95. The third-order valence-corrected chi connectivity index (χ3v) is 10.8. The first kappa shape index (κ1) is 34.3. The van der Waals surface area contributed by atoms with Crippen LogP contribution in [-0.2, 0) is 4.79 Å². The number of carbonyl (C=O) groups excluding carboxylic acids is 1. The highest BCUT2D eigenvalue weighted by Gasteiger charge is 2.49. The normalized spacial score (nSPS) is 20.8. The summed E-state index contributed by atoms with van der Waals surface area (Å²) in [5.41, 5.74) is 0.297. The minimum absolute atomic E-state index is 0.0158. The van der Waals surface area contributed by atoms with Gasteiger partial charge in [0.1, 0.15) is 29.8 Å². The fourth-order valence-electron chi connectivity index (χ4n) is 7.84. The molecule has 5 aromatic rings. The molecule has 1 amide bonds. The Morgan fingerprint density at radius 3 is 2.77 bits per heavy atom. The maximum atomic E-state index is 16.8. The number of anilines is 1. The van der Waals surface area contributed by atoms with E-state index in [4.69, 9.17) is 25.8 Å². The summed E-state index contributed by atoms with van der Waals surface area (Å²) in [5.74, 6) is 0.803. The van der Waals surface area contributed by atoms with Crippen molar-refractivity contribution in [2.75, 3.05) is 51.3 Å². The number of nitrogens with zero attached hydrogens (tertiary/aromatic N) is 8. The van der Waals surface area contributed by atoms with Gasteiger partial charge in [-0.3, -0.25) is 14.7 Å². The molecule has 3 aliphatic heterocycles. The Morgan fingerprint density at radius 1 is 1.17 bits per heavy atom. The molecular formula is C38H39ClF2N8O3. The molecule has 8 rings (SSSR count). The first-order chi connectivity index (χ1) is 25.1. The van der Waals surface area contributed by atoms with Gasteiger partial charge in [0.15, 0.2) is 11.6 Å². The molecule has 0 saturated carbocycles. The molecule has 3 fully saturated rings. The summed E-state index contributed by atoms with van der Waals surface area (Å²) < 4.78 is 42.8. The second kappa shape index (κ2) is 13.7. The predicted molar refractivity (Wildman–Crippen MR) is 195 cm³/mol. The molecule has 11 nitrogen and oxygen atoms in total. The average molecular weight is 729 g/mol. The van der Waals surface area contributed by atoms with E-state index >= 15 is 4.39 Å². The maximum Gasteiger partial charge on any atom is 0.319 e. The Balaban J connectivity index is 1.07. The number of ether oxygens (including phenoxy) is 1. The molecule has 6 heterocycles. The van der Waals surface area contributed by atoms with Crippen LogP contribution in [0.2, 0.25) is 5.02 Å². The Kier molecular flexibility index (Phi) is 9.02. The summed E-state index contributed by atoms with van der Waals surface area (Å²) in [4.78, 5) is 36.9. The monoisotopic (exact) mass is 728 g/mol. The fourth-order valence-corrected chi connectivity index (χ4v) is 8.13. The Hall–Kier alpha value is -4.75. The van der Waals surface area contributed by atoms with Gasteiger partial charge in [-0.2, -0.15) is 15.0 Å². The van der Waals surface area contributed by atoms with Crippen molar-refractivity contribution in [1.29, 1.82) is 0 Å². The first-order valence-corrected chi connectivity index (χ1v) is 18.0. The van der Waals surface area contributed by atoms with Gasteiger partial charge in [-0.25, -0.2) is 8.78 Å². The maximum absolute atomic E-state index is 16.8. The van der Waals surface area contributed by atoms with Crippen LogP contribution < -0.4 is 9.64 Å². The number of benzene rings is 2. The zero-order valence-electron chi connectivity index (χ0n) is 29.2. The van der Waals surface area contributed by atoms with Crippen molar-refractivity contribution in [1.82, 2.24) is 34.9 Å². The molecule has 3 aromatic heterocycles. The number of rotatable bonds is 10. The van der Waals surface area contributed by atoms with Gasteiger partial charge in [0.2, 0.25) is 5.91 Å². The van der Waals surface area contributed by atoms with E-state index in [9.17, 15) is 9.18 Å². The lowest BCUT2D eigenvalue weighted by molar-refractivity contribution is -0.131. The van der Waals surface area contributed by atoms with E-state index in [1.54, 1.807) is 23.2 Å². The Labute approximate surface area is 304 Å².